The van der Waals surface area contributed by atoms with E-state index in [0.717, 1.165) is 12.2 Å². The van der Waals surface area contributed by atoms with Gasteiger partial charge in [0, 0.05) is 12.0 Å². The van der Waals surface area contributed by atoms with Gasteiger partial charge in [0.2, 0.25) is 0 Å². The molecule has 2 atom stereocenters. The van der Waals surface area contributed by atoms with Crippen LogP contribution in [0.1, 0.15) is 23.5 Å². The third kappa shape index (κ3) is 1.54. The number of rotatable bonds is 2. The van der Waals surface area contributed by atoms with Crippen molar-refractivity contribution in [1.82, 2.24) is 0 Å². The molecule has 2 nitrogen and oxygen atoms in total. The molecule has 1 aliphatic carbocycles. The highest BCUT2D eigenvalue weighted by Crippen LogP contribution is 2.40. The van der Waals surface area contributed by atoms with Gasteiger partial charge in [-0.05, 0) is 30.5 Å². The molecule has 0 radical (unpaired) electrons. The zero-order valence-corrected chi connectivity index (χ0v) is 8.08. The van der Waals surface area contributed by atoms with E-state index < -0.39 is 0 Å². The molecule has 1 saturated carbocycles. The lowest BCUT2D eigenvalue weighted by Gasteiger charge is -2.06. The molecular weight excluding hydrogens is 162 g/mol. The van der Waals surface area contributed by atoms with Gasteiger partial charge in [-0.3, -0.25) is 0 Å². The van der Waals surface area contributed by atoms with E-state index >= 15 is 0 Å². The van der Waals surface area contributed by atoms with E-state index in [1.807, 2.05) is 0 Å². The van der Waals surface area contributed by atoms with Crippen molar-refractivity contribution < 1.29 is 4.74 Å². The van der Waals surface area contributed by atoms with Gasteiger partial charge in [0.25, 0.3) is 0 Å². The second kappa shape index (κ2) is 3.04. The number of methoxy groups -OCH3 is 1. The third-order valence-corrected chi connectivity index (χ3v) is 2.70. The average molecular weight is 177 g/mol. The fourth-order valence-electron chi connectivity index (χ4n) is 1.67. The highest BCUT2D eigenvalue weighted by molar-refractivity contribution is 5.40. The lowest BCUT2D eigenvalue weighted by Crippen LogP contribution is -2.01. The fraction of sp³-hybridized carbons (Fsp3) is 0.455. The van der Waals surface area contributed by atoms with Crippen LogP contribution in [-0.2, 0) is 0 Å². The molecule has 2 unspecified atom stereocenters. The van der Waals surface area contributed by atoms with Gasteiger partial charge in [-0.15, -0.1) is 0 Å². The minimum absolute atomic E-state index is 0.368. The van der Waals surface area contributed by atoms with Crippen molar-refractivity contribution in [2.24, 2.45) is 5.73 Å². The van der Waals surface area contributed by atoms with Crippen LogP contribution in [0.5, 0.6) is 5.75 Å². The van der Waals surface area contributed by atoms with E-state index in [9.17, 15) is 0 Å². The number of ether oxygens (including phenoxy) is 1. The van der Waals surface area contributed by atoms with E-state index in [0.29, 0.717) is 12.0 Å². The molecule has 13 heavy (non-hydrogen) atoms. The summed E-state index contributed by atoms with van der Waals surface area (Å²) >= 11 is 0. The molecule has 2 rings (SSSR count). The minimum Gasteiger partial charge on any atom is -0.496 e. The SMILES string of the molecule is COc1cc(C2CC2N)ccc1C. The maximum atomic E-state index is 5.79. The molecule has 0 spiro atoms. The van der Waals surface area contributed by atoms with Gasteiger partial charge in [-0.1, -0.05) is 12.1 Å². The monoisotopic (exact) mass is 177 g/mol. The summed E-state index contributed by atoms with van der Waals surface area (Å²) in [5.74, 6) is 1.53. The van der Waals surface area contributed by atoms with Crippen molar-refractivity contribution in [3.8, 4) is 5.75 Å². The van der Waals surface area contributed by atoms with Gasteiger partial charge in [0.1, 0.15) is 5.75 Å². The molecule has 1 fully saturated rings. The molecular formula is C11H15NO. The summed E-state index contributed by atoms with van der Waals surface area (Å²) in [5, 5.41) is 0. The third-order valence-electron chi connectivity index (χ3n) is 2.70. The van der Waals surface area contributed by atoms with Crippen molar-refractivity contribution in [2.45, 2.75) is 25.3 Å². The molecule has 70 valence electrons. The van der Waals surface area contributed by atoms with E-state index in [4.69, 9.17) is 10.5 Å². The van der Waals surface area contributed by atoms with Gasteiger partial charge in [0.05, 0.1) is 7.11 Å². The molecule has 0 aromatic heterocycles. The Hall–Kier alpha value is -1.02. The van der Waals surface area contributed by atoms with Crippen LogP contribution < -0.4 is 10.5 Å². The van der Waals surface area contributed by atoms with Gasteiger partial charge < -0.3 is 10.5 Å². The quantitative estimate of drug-likeness (QED) is 0.747. The molecule has 1 aromatic carbocycles. The maximum absolute atomic E-state index is 5.79. The van der Waals surface area contributed by atoms with E-state index in [1.165, 1.54) is 11.1 Å². The number of hydrogen-bond acceptors (Lipinski definition) is 2. The topological polar surface area (TPSA) is 35.2 Å². The second-order valence-corrected chi connectivity index (χ2v) is 3.74. The summed E-state index contributed by atoms with van der Waals surface area (Å²) in [6, 6.07) is 6.72. The number of aryl methyl sites for hydroxylation is 1. The molecule has 1 aliphatic rings. The molecule has 2 heteroatoms. The normalized spacial score (nSPS) is 25.8. The number of hydrogen-bond donors (Lipinski definition) is 1. The first kappa shape index (κ1) is 8.57. The molecule has 0 heterocycles. The molecule has 0 aliphatic heterocycles. The smallest absolute Gasteiger partial charge is 0.122 e. The molecule has 1 aromatic rings. The Morgan fingerprint density at radius 1 is 1.46 bits per heavy atom. The van der Waals surface area contributed by atoms with Crippen LogP contribution in [0.25, 0.3) is 0 Å². The summed E-state index contributed by atoms with van der Waals surface area (Å²) in [6.07, 6.45) is 1.12. The maximum Gasteiger partial charge on any atom is 0.122 e. The van der Waals surface area contributed by atoms with Crippen LogP contribution in [0, 0.1) is 6.92 Å². The molecule has 0 amide bonds. The van der Waals surface area contributed by atoms with Gasteiger partial charge in [0.15, 0.2) is 0 Å². The largest absolute Gasteiger partial charge is 0.496 e. The zero-order valence-electron chi connectivity index (χ0n) is 8.08. The fourth-order valence-corrected chi connectivity index (χ4v) is 1.67. The predicted molar refractivity (Wildman–Crippen MR) is 53.1 cm³/mol. The Morgan fingerprint density at radius 3 is 2.69 bits per heavy atom. The van der Waals surface area contributed by atoms with Crippen LogP contribution in [-0.4, -0.2) is 13.2 Å². The summed E-state index contributed by atoms with van der Waals surface area (Å²) in [4.78, 5) is 0. The first-order chi connectivity index (χ1) is 6.22. The van der Waals surface area contributed by atoms with Crippen molar-refractivity contribution in [3.63, 3.8) is 0 Å². The Bertz CT molecular complexity index is 322. The van der Waals surface area contributed by atoms with Gasteiger partial charge >= 0.3 is 0 Å². The van der Waals surface area contributed by atoms with Crippen LogP contribution in [0.4, 0.5) is 0 Å². The van der Waals surface area contributed by atoms with Gasteiger partial charge in [-0.25, -0.2) is 0 Å². The summed E-state index contributed by atoms with van der Waals surface area (Å²) < 4.78 is 5.26. The van der Waals surface area contributed by atoms with Crippen LogP contribution >= 0.6 is 0 Å². The zero-order chi connectivity index (χ0) is 9.42. The average Bonchev–Trinajstić information content (AvgIpc) is 2.84. The minimum atomic E-state index is 0.368. The Balaban J connectivity index is 2.28. The van der Waals surface area contributed by atoms with Crippen LogP contribution in [0.3, 0.4) is 0 Å². The molecule has 0 bridgehead atoms. The summed E-state index contributed by atoms with van der Waals surface area (Å²) in [7, 11) is 1.71. The number of benzene rings is 1. The predicted octanol–water partition coefficient (Wildman–Crippen LogP) is 1.82. The summed E-state index contributed by atoms with van der Waals surface area (Å²) in [6.45, 7) is 2.05. The Morgan fingerprint density at radius 2 is 2.15 bits per heavy atom. The highest BCUT2D eigenvalue weighted by Gasteiger charge is 2.34. The van der Waals surface area contributed by atoms with Crippen molar-refractivity contribution in [3.05, 3.63) is 29.3 Å². The summed E-state index contributed by atoms with van der Waals surface area (Å²) in [5.41, 5.74) is 8.28. The van der Waals surface area contributed by atoms with Crippen molar-refractivity contribution >= 4 is 0 Å². The lowest BCUT2D eigenvalue weighted by molar-refractivity contribution is 0.411. The number of nitrogens with two attached hydrogens (primary N) is 1. The van der Waals surface area contributed by atoms with Crippen LogP contribution in [0.2, 0.25) is 0 Å². The molecule has 0 saturated heterocycles. The van der Waals surface area contributed by atoms with E-state index in [2.05, 4.69) is 25.1 Å². The van der Waals surface area contributed by atoms with Crippen molar-refractivity contribution in [1.29, 1.82) is 0 Å². The first-order valence-electron chi connectivity index (χ1n) is 4.62. The van der Waals surface area contributed by atoms with E-state index in [-0.39, 0.29) is 0 Å². The Labute approximate surface area is 78.7 Å². The lowest BCUT2D eigenvalue weighted by atomic mass is 10.1. The Kier molecular flexibility index (Phi) is 2.00. The van der Waals surface area contributed by atoms with Gasteiger partial charge in [-0.2, -0.15) is 0 Å². The van der Waals surface area contributed by atoms with Crippen LogP contribution in [0.15, 0.2) is 18.2 Å². The molecule has 2 N–H and O–H groups in total. The van der Waals surface area contributed by atoms with Crippen molar-refractivity contribution in [2.75, 3.05) is 7.11 Å². The highest BCUT2D eigenvalue weighted by atomic mass is 16.5. The first-order valence-corrected chi connectivity index (χ1v) is 4.62. The van der Waals surface area contributed by atoms with E-state index in [1.54, 1.807) is 7.11 Å². The second-order valence-electron chi connectivity index (χ2n) is 3.74. The standard InChI is InChI=1S/C11H15NO/c1-7-3-4-8(5-11(7)13-2)9-6-10(9)12/h3-5,9-10H,6,12H2,1-2H3.